The largest absolute Gasteiger partial charge is 0.479 e. The highest BCUT2D eigenvalue weighted by molar-refractivity contribution is 7.18. The molecule has 0 aliphatic rings. The molecule has 12 heteroatoms. The van der Waals surface area contributed by atoms with E-state index in [9.17, 15) is 18.0 Å². The van der Waals surface area contributed by atoms with E-state index in [0.29, 0.717) is 32.9 Å². The van der Waals surface area contributed by atoms with Gasteiger partial charge in [0.25, 0.3) is 0 Å². The summed E-state index contributed by atoms with van der Waals surface area (Å²) in [7, 11) is 0. The van der Waals surface area contributed by atoms with Crippen LogP contribution in [-0.4, -0.2) is 33.6 Å². The van der Waals surface area contributed by atoms with Crippen molar-refractivity contribution in [2.24, 2.45) is 5.16 Å². The maximum atomic E-state index is 13.0. The first-order valence-electron chi connectivity index (χ1n) is 10.7. The number of halogens is 3. The van der Waals surface area contributed by atoms with Crippen molar-refractivity contribution in [1.29, 1.82) is 0 Å². The van der Waals surface area contributed by atoms with Gasteiger partial charge < -0.3 is 20.0 Å². The first-order chi connectivity index (χ1) is 17.7. The predicted molar refractivity (Wildman–Crippen MR) is 132 cm³/mol. The number of alkyl halides is 3. The molecule has 2 N–H and O–H groups in total. The number of nitrogens with zero attached hydrogens (tertiary/aromatic N) is 3. The second-order valence-electron chi connectivity index (χ2n) is 7.62. The molecule has 1 aromatic heterocycles. The second kappa shape index (κ2) is 11.1. The van der Waals surface area contributed by atoms with E-state index in [-0.39, 0.29) is 5.75 Å². The van der Waals surface area contributed by atoms with Crippen LogP contribution in [0.5, 0.6) is 11.5 Å². The van der Waals surface area contributed by atoms with Crippen molar-refractivity contribution in [1.82, 2.24) is 10.2 Å². The average Bonchev–Trinajstić information content (AvgIpc) is 3.32. The van der Waals surface area contributed by atoms with E-state index < -0.39 is 24.3 Å². The van der Waals surface area contributed by atoms with Crippen molar-refractivity contribution in [2.75, 3.05) is 11.9 Å². The molecule has 0 aliphatic carbocycles. The van der Waals surface area contributed by atoms with E-state index >= 15 is 0 Å². The Kier molecular flexibility index (Phi) is 7.68. The molecule has 0 fully saturated rings. The zero-order chi connectivity index (χ0) is 26.4. The number of aliphatic carboxylic acids is 1. The van der Waals surface area contributed by atoms with Crippen LogP contribution in [0, 0.1) is 0 Å². The Bertz CT molecular complexity index is 1440. The van der Waals surface area contributed by atoms with Gasteiger partial charge in [0, 0.05) is 16.8 Å². The molecule has 37 heavy (non-hydrogen) atoms. The van der Waals surface area contributed by atoms with Gasteiger partial charge in [-0.2, -0.15) is 13.2 Å². The lowest BCUT2D eigenvalue weighted by Crippen LogP contribution is -2.05. The molecule has 0 bridgehead atoms. The highest BCUT2D eigenvalue weighted by Gasteiger charge is 2.30. The minimum atomic E-state index is -4.46. The molecular formula is C25H19F3N4O4S. The fraction of sp³-hybridized carbons (Fsp3) is 0.120. The van der Waals surface area contributed by atoms with Crippen LogP contribution >= 0.6 is 11.3 Å². The molecule has 190 valence electrons. The number of nitrogens with one attached hydrogen (secondary N) is 1. The third-order valence-electron chi connectivity index (χ3n) is 4.82. The van der Waals surface area contributed by atoms with E-state index in [0.717, 1.165) is 17.7 Å². The van der Waals surface area contributed by atoms with Crippen molar-refractivity contribution in [3.05, 3.63) is 83.9 Å². The van der Waals surface area contributed by atoms with Crippen LogP contribution in [-0.2, 0) is 15.8 Å². The number of hydrogen-bond donors (Lipinski definition) is 2. The summed E-state index contributed by atoms with van der Waals surface area (Å²) in [6, 6.07) is 18.7. The molecule has 4 aromatic rings. The fourth-order valence-corrected chi connectivity index (χ4v) is 3.90. The lowest BCUT2D eigenvalue weighted by atomic mass is 10.1. The van der Waals surface area contributed by atoms with Gasteiger partial charge in [-0.25, -0.2) is 4.79 Å². The Balaban J connectivity index is 1.46. The van der Waals surface area contributed by atoms with Crippen molar-refractivity contribution in [2.45, 2.75) is 13.1 Å². The third-order valence-corrected chi connectivity index (χ3v) is 5.71. The minimum absolute atomic E-state index is 0.0682. The molecule has 0 saturated carbocycles. The van der Waals surface area contributed by atoms with E-state index in [1.807, 2.05) is 6.07 Å². The summed E-state index contributed by atoms with van der Waals surface area (Å²) in [5.74, 6) is -0.695. The number of carboxylic acid groups (broad SMARTS) is 1. The number of anilines is 2. The number of carboxylic acids is 1. The summed E-state index contributed by atoms with van der Waals surface area (Å²) < 4.78 is 44.6. The summed E-state index contributed by atoms with van der Waals surface area (Å²) in [5, 5.41) is 25.0. The summed E-state index contributed by atoms with van der Waals surface area (Å²) in [6.07, 6.45) is -4.46. The quantitative estimate of drug-likeness (QED) is 0.187. The zero-order valence-corrected chi connectivity index (χ0v) is 20.0. The van der Waals surface area contributed by atoms with Crippen LogP contribution < -0.4 is 10.1 Å². The molecule has 0 unspecified atom stereocenters. The first-order valence-corrected chi connectivity index (χ1v) is 11.5. The summed E-state index contributed by atoms with van der Waals surface area (Å²) in [4.78, 5) is 15.3. The average molecular weight is 529 g/mol. The smallest absolute Gasteiger partial charge is 0.416 e. The lowest BCUT2D eigenvalue weighted by Gasteiger charge is -2.10. The SMILES string of the molecule is C/C(=N\OCC(=O)O)c1cccc(Nc2nnc(-c3cccc(Oc4cccc(C(F)(F)F)c4)c3)s2)c1. The van der Waals surface area contributed by atoms with Gasteiger partial charge in [-0.3, -0.25) is 0 Å². The van der Waals surface area contributed by atoms with Crippen molar-refractivity contribution in [3.8, 4) is 22.1 Å². The van der Waals surface area contributed by atoms with Crippen LogP contribution in [0.4, 0.5) is 24.0 Å². The standard InChI is InChI=1S/C25H19F3N4O4S/c1-15(32-35-14-22(33)34)16-5-2-8-19(11-16)29-24-31-30-23(37-24)17-6-3-9-20(12-17)36-21-10-4-7-18(13-21)25(26,27)28/h2-13H,14H2,1H3,(H,29,31)(H,33,34)/b32-15+. The van der Waals surface area contributed by atoms with E-state index in [4.69, 9.17) is 14.7 Å². The van der Waals surface area contributed by atoms with Crippen molar-refractivity contribution < 1.29 is 32.6 Å². The van der Waals surface area contributed by atoms with Gasteiger partial charge in [0.2, 0.25) is 11.7 Å². The van der Waals surface area contributed by atoms with Crippen LogP contribution in [0.15, 0.2) is 78.0 Å². The van der Waals surface area contributed by atoms with Gasteiger partial charge in [-0.15, -0.1) is 10.2 Å². The highest BCUT2D eigenvalue weighted by atomic mass is 32.1. The van der Waals surface area contributed by atoms with Gasteiger partial charge in [-0.1, -0.05) is 46.8 Å². The van der Waals surface area contributed by atoms with Gasteiger partial charge in [-0.05, 0) is 49.4 Å². The Labute approximate surface area is 213 Å². The molecule has 1 heterocycles. The van der Waals surface area contributed by atoms with Gasteiger partial charge >= 0.3 is 12.1 Å². The summed E-state index contributed by atoms with van der Waals surface area (Å²) in [5.41, 5.74) is 1.82. The Morgan fingerprint density at radius 2 is 1.76 bits per heavy atom. The van der Waals surface area contributed by atoms with E-state index in [1.165, 1.54) is 23.5 Å². The minimum Gasteiger partial charge on any atom is -0.479 e. The summed E-state index contributed by atoms with van der Waals surface area (Å²) in [6.45, 7) is 1.16. The fourth-order valence-electron chi connectivity index (χ4n) is 3.14. The van der Waals surface area contributed by atoms with Crippen molar-refractivity contribution >= 4 is 33.8 Å². The van der Waals surface area contributed by atoms with Gasteiger partial charge in [0.05, 0.1) is 11.3 Å². The Morgan fingerprint density at radius 3 is 2.51 bits per heavy atom. The predicted octanol–water partition coefficient (Wildman–Crippen LogP) is 6.59. The highest BCUT2D eigenvalue weighted by Crippen LogP contribution is 2.34. The monoisotopic (exact) mass is 528 g/mol. The summed E-state index contributed by atoms with van der Waals surface area (Å²) >= 11 is 1.28. The molecule has 4 rings (SSSR count). The van der Waals surface area contributed by atoms with Gasteiger partial charge in [0.1, 0.15) is 16.5 Å². The van der Waals surface area contributed by atoms with Crippen LogP contribution in [0.25, 0.3) is 10.6 Å². The molecule has 3 aromatic carbocycles. The third kappa shape index (κ3) is 7.04. The second-order valence-corrected chi connectivity index (χ2v) is 8.60. The normalized spacial score (nSPS) is 11.7. The molecule has 0 spiro atoms. The molecule has 0 saturated heterocycles. The number of benzene rings is 3. The maximum Gasteiger partial charge on any atom is 0.416 e. The number of ether oxygens (including phenoxy) is 1. The van der Waals surface area contributed by atoms with Gasteiger partial charge in [0.15, 0.2) is 0 Å². The van der Waals surface area contributed by atoms with E-state index in [1.54, 1.807) is 49.4 Å². The maximum absolute atomic E-state index is 13.0. The molecule has 8 nitrogen and oxygen atoms in total. The van der Waals surface area contributed by atoms with Crippen LogP contribution in [0.3, 0.4) is 0 Å². The number of oxime groups is 1. The lowest BCUT2D eigenvalue weighted by molar-refractivity contribution is -0.142. The Morgan fingerprint density at radius 1 is 1.03 bits per heavy atom. The first kappa shape index (κ1) is 25.6. The van der Waals surface area contributed by atoms with Crippen LogP contribution in [0.2, 0.25) is 0 Å². The Hall–Kier alpha value is -4.45. The number of carbonyl (C=O) groups is 1. The number of hydrogen-bond acceptors (Lipinski definition) is 8. The molecule has 0 radical (unpaired) electrons. The molecular weight excluding hydrogens is 509 g/mol. The van der Waals surface area contributed by atoms with Crippen molar-refractivity contribution in [3.63, 3.8) is 0 Å². The topological polar surface area (TPSA) is 106 Å². The molecule has 0 aliphatic heterocycles. The molecule has 0 atom stereocenters. The molecule has 0 amide bonds. The number of rotatable bonds is 9. The zero-order valence-electron chi connectivity index (χ0n) is 19.2. The van der Waals surface area contributed by atoms with Crippen LogP contribution in [0.1, 0.15) is 18.1 Å². The number of aromatic nitrogens is 2. The van der Waals surface area contributed by atoms with E-state index in [2.05, 4.69) is 20.7 Å².